The minimum Gasteiger partial charge on any atom is -0.383 e. The lowest BCUT2D eigenvalue weighted by Gasteiger charge is -2.38. The van der Waals surface area contributed by atoms with Gasteiger partial charge in [-0.25, -0.2) is 4.68 Å². The van der Waals surface area contributed by atoms with E-state index in [2.05, 4.69) is 62.6 Å². The SMILES string of the molecule is CCCCC(c1nnnn1CCOC)N1CCN(Cc2ccccc2)CC1. The van der Waals surface area contributed by atoms with E-state index in [1.165, 1.54) is 18.4 Å². The van der Waals surface area contributed by atoms with E-state index < -0.39 is 0 Å². The van der Waals surface area contributed by atoms with Crippen LogP contribution in [0.4, 0.5) is 0 Å². The zero-order valence-corrected chi connectivity index (χ0v) is 16.6. The molecule has 0 amide bonds. The zero-order valence-electron chi connectivity index (χ0n) is 16.6. The molecule has 1 fully saturated rings. The van der Waals surface area contributed by atoms with Gasteiger partial charge >= 0.3 is 0 Å². The van der Waals surface area contributed by atoms with Crippen LogP contribution in [0.15, 0.2) is 30.3 Å². The molecule has 2 heterocycles. The van der Waals surface area contributed by atoms with E-state index in [1.54, 1.807) is 7.11 Å². The van der Waals surface area contributed by atoms with Gasteiger partial charge in [-0.2, -0.15) is 0 Å². The molecular weight excluding hydrogens is 340 g/mol. The van der Waals surface area contributed by atoms with E-state index in [-0.39, 0.29) is 6.04 Å². The van der Waals surface area contributed by atoms with Gasteiger partial charge in [0.2, 0.25) is 0 Å². The van der Waals surface area contributed by atoms with Gasteiger partial charge in [-0.15, -0.1) is 5.10 Å². The first kappa shape index (κ1) is 19.9. The molecule has 1 aliphatic rings. The average molecular weight is 373 g/mol. The van der Waals surface area contributed by atoms with E-state index in [9.17, 15) is 0 Å². The van der Waals surface area contributed by atoms with Crippen LogP contribution >= 0.6 is 0 Å². The van der Waals surface area contributed by atoms with Crippen molar-refractivity contribution in [2.75, 3.05) is 39.9 Å². The lowest BCUT2D eigenvalue weighted by molar-refractivity contribution is 0.0801. The van der Waals surface area contributed by atoms with Crippen molar-refractivity contribution in [3.05, 3.63) is 41.7 Å². The van der Waals surface area contributed by atoms with Crippen LogP contribution in [0.1, 0.15) is 43.6 Å². The number of nitrogens with zero attached hydrogens (tertiary/aromatic N) is 6. The molecule has 0 bridgehead atoms. The van der Waals surface area contributed by atoms with Gasteiger partial charge in [0.05, 0.1) is 19.2 Å². The fraction of sp³-hybridized carbons (Fsp3) is 0.650. The third-order valence-electron chi connectivity index (χ3n) is 5.29. The molecule has 1 saturated heterocycles. The second-order valence-electron chi connectivity index (χ2n) is 7.21. The van der Waals surface area contributed by atoms with Gasteiger partial charge in [0.1, 0.15) is 0 Å². The Morgan fingerprint density at radius 3 is 2.59 bits per heavy atom. The number of methoxy groups -OCH3 is 1. The summed E-state index contributed by atoms with van der Waals surface area (Å²) in [7, 11) is 1.71. The van der Waals surface area contributed by atoms with Crippen molar-refractivity contribution in [1.82, 2.24) is 30.0 Å². The van der Waals surface area contributed by atoms with Crippen LogP contribution in [0.2, 0.25) is 0 Å². The fourth-order valence-electron chi connectivity index (χ4n) is 3.73. The normalized spacial score (nSPS) is 17.3. The Morgan fingerprint density at radius 2 is 1.89 bits per heavy atom. The highest BCUT2D eigenvalue weighted by atomic mass is 16.5. The number of piperazine rings is 1. The third-order valence-corrected chi connectivity index (χ3v) is 5.29. The monoisotopic (exact) mass is 372 g/mol. The standard InChI is InChI=1S/C20H32N6O/c1-3-4-10-19(20-21-22-23-26(20)15-16-27-2)25-13-11-24(12-14-25)17-18-8-6-5-7-9-18/h5-9,19H,3-4,10-17H2,1-2H3. The Morgan fingerprint density at radius 1 is 1.11 bits per heavy atom. The maximum absolute atomic E-state index is 5.21. The van der Waals surface area contributed by atoms with Gasteiger partial charge in [0.15, 0.2) is 5.82 Å². The summed E-state index contributed by atoms with van der Waals surface area (Å²) in [5.41, 5.74) is 1.39. The van der Waals surface area contributed by atoms with E-state index >= 15 is 0 Å². The second-order valence-corrected chi connectivity index (χ2v) is 7.21. The molecular formula is C20H32N6O. The van der Waals surface area contributed by atoms with Crippen LogP contribution in [-0.2, 0) is 17.8 Å². The van der Waals surface area contributed by atoms with Crippen LogP contribution < -0.4 is 0 Å². The summed E-state index contributed by atoms with van der Waals surface area (Å²) in [5.74, 6) is 0.983. The van der Waals surface area contributed by atoms with Crippen LogP contribution in [-0.4, -0.2) is 69.9 Å². The first-order valence-electron chi connectivity index (χ1n) is 10.1. The summed E-state index contributed by atoms with van der Waals surface area (Å²) in [6.07, 6.45) is 3.47. The molecule has 0 saturated carbocycles. The minimum absolute atomic E-state index is 0.288. The fourth-order valence-corrected chi connectivity index (χ4v) is 3.73. The van der Waals surface area contributed by atoms with Crippen molar-refractivity contribution in [3.8, 4) is 0 Å². The molecule has 0 spiro atoms. The second kappa shape index (κ2) is 10.5. The van der Waals surface area contributed by atoms with Crippen molar-refractivity contribution >= 4 is 0 Å². The minimum atomic E-state index is 0.288. The molecule has 1 aromatic heterocycles. The van der Waals surface area contributed by atoms with Crippen molar-refractivity contribution in [2.24, 2.45) is 0 Å². The Bertz CT molecular complexity index is 654. The maximum atomic E-state index is 5.21. The van der Waals surface area contributed by atoms with Gasteiger partial charge in [-0.3, -0.25) is 9.80 Å². The summed E-state index contributed by atoms with van der Waals surface area (Å²) < 4.78 is 7.13. The number of rotatable bonds is 10. The van der Waals surface area contributed by atoms with Crippen molar-refractivity contribution < 1.29 is 4.74 Å². The predicted octanol–water partition coefficient (Wildman–Crippen LogP) is 2.37. The van der Waals surface area contributed by atoms with E-state index in [4.69, 9.17) is 4.74 Å². The highest BCUT2D eigenvalue weighted by Gasteiger charge is 2.28. The molecule has 3 rings (SSSR count). The van der Waals surface area contributed by atoms with E-state index in [0.717, 1.165) is 45.0 Å². The van der Waals surface area contributed by atoms with Gasteiger partial charge < -0.3 is 4.74 Å². The molecule has 7 nitrogen and oxygen atoms in total. The Labute approximate surface area is 162 Å². The Balaban J connectivity index is 1.62. The smallest absolute Gasteiger partial charge is 0.168 e. The molecule has 148 valence electrons. The summed E-state index contributed by atoms with van der Waals surface area (Å²) in [5, 5.41) is 12.5. The highest BCUT2D eigenvalue weighted by Crippen LogP contribution is 2.26. The van der Waals surface area contributed by atoms with Crippen LogP contribution in [0.5, 0.6) is 0 Å². The molecule has 0 N–H and O–H groups in total. The van der Waals surface area contributed by atoms with Crippen molar-refractivity contribution in [1.29, 1.82) is 0 Å². The number of aromatic nitrogens is 4. The van der Waals surface area contributed by atoms with Crippen molar-refractivity contribution in [2.45, 2.75) is 45.3 Å². The quantitative estimate of drug-likeness (QED) is 0.638. The number of hydrogen-bond acceptors (Lipinski definition) is 6. The van der Waals surface area contributed by atoms with Gasteiger partial charge in [0, 0.05) is 39.8 Å². The molecule has 1 aliphatic heterocycles. The first-order valence-corrected chi connectivity index (χ1v) is 10.1. The lowest BCUT2D eigenvalue weighted by atomic mass is 10.1. The molecule has 1 unspecified atom stereocenters. The molecule has 1 aromatic carbocycles. The van der Waals surface area contributed by atoms with Gasteiger partial charge in [-0.1, -0.05) is 50.1 Å². The topological polar surface area (TPSA) is 59.3 Å². The van der Waals surface area contributed by atoms with E-state index in [0.29, 0.717) is 13.2 Å². The molecule has 0 radical (unpaired) electrons. The summed E-state index contributed by atoms with van der Waals surface area (Å²) >= 11 is 0. The average Bonchev–Trinajstić information content (AvgIpc) is 3.17. The van der Waals surface area contributed by atoms with Crippen LogP contribution in [0, 0.1) is 0 Å². The Kier molecular flexibility index (Phi) is 7.74. The molecule has 27 heavy (non-hydrogen) atoms. The Hall–Kier alpha value is -1.83. The number of unbranched alkanes of at least 4 members (excludes halogenated alkanes) is 1. The molecule has 0 aliphatic carbocycles. The number of benzene rings is 1. The summed E-state index contributed by atoms with van der Waals surface area (Å²) in [6.45, 7) is 8.87. The lowest BCUT2D eigenvalue weighted by Crippen LogP contribution is -2.47. The highest BCUT2D eigenvalue weighted by molar-refractivity contribution is 5.14. The van der Waals surface area contributed by atoms with Crippen LogP contribution in [0.3, 0.4) is 0 Å². The summed E-state index contributed by atoms with van der Waals surface area (Å²) in [6, 6.07) is 11.0. The van der Waals surface area contributed by atoms with Crippen LogP contribution in [0.25, 0.3) is 0 Å². The first-order chi connectivity index (χ1) is 13.3. The zero-order chi connectivity index (χ0) is 18.9. The predicted molar refractivity (Wildman–Crippen MR) is 105 cm³/mol. The largest absolute Gasteiger partial charge is 0.383 e. The van der Waals surface area contributed by atoms with Crippen molar-refractivity contribution in [3.63, 3.8) is 0 Å². The number of tetrazole rings is 1. The van der Waals surface area contributed by atoms with E-state index in [1.807, 2.05) is 4.68 Å². The molecule has 7 heteroatoms. The number of ether oxygens (including phenoxy) is 1. The van der Waals surface area contributed by atoms with Gasteiger partial charge in [0.25, 0.3) is 0 Å². The summed E-state index contributed by atoms with van der Waals surface area (Å²) in [4.78, 5) is 5.10. The molecule has 2 aromatic rings. The van der Waals surface area contributed by atoms with Gasteiger partial charge in [-0.05, 0) is 22.4 Å². The maximum Gasteiger partial charge on any atom is 0.168 e. The number of hydrogen-bond donors (Lipinski definition) is 0. The third kappa shape index (κ3) is 5.57. The molecule has 1 atom stereocenters.